The van der Waals surface area contributed by atoms with E-state index in [0.717, 1.165) is 43.4 Å². The topological polar surface area (TPSA) is 37.3 Å². The van der Waals surface area contributed by atoms with E-state index in [2.05, 4.69) is 6.92 Å². The zero-order valence-electron chi connectivity index (χ0n) is 12.9. The van der Waals surface area contributed by atoms with E-state index in [1.165, 1.54) is 31.3 Å². The Morgan fingerprint density at radius 2 is 1.90 bits per heavy atom. The fourth-order valence-electron chi connectivity index (χ4n) is 6.15. The van der Waals surface area contributed by atoms with Gasteiger partial charge in [0.2, 0.25) is 0 Å². The molecular formula is C18H27ClO2. The van der Waals surface area contributed by atoms with Crippen LogP contribution in [0.4, 0.5) is 0 Å². The Balaban J connectivity index is 0.00000132. The summed E-state index contributed by atoms with van der Waals surface area (Å²) in [4.78, 5) is 11.6. The highest BCUT2D eigenvalue weighted by Gasteiger charge is 2.55. The molecule has 21 heavy (non-hydrogen) atoms. The van der Waals surface area contributed by atoms with Gasteiger partial charge in [-0.3, -0.25) is 4.79 Å². The Morgan fingerprint density at radius 1 is 1.10 bits per heavy atom. The molecule has 0 aromatic heterocycles. The van der Waals surface area contributed by atoms with E-state index >= 15 is 0 Å². The number of rotatable bonds is 0. The number of carbonyl (C=O) groups excluding carboxylic acids is 1. The third kappa shape index (κ3) is 2.21. The highest BCUT2D eigenvalue weighted by molar-refractivity contribution is 5.91. The summed E-state index contributed by atoms with van der Waals surface area (Å²) < 4.78 is 0. The van der Waals surface area contributed by atoms with Gasteiger partial charge in [0.1, 0.15) is 0 Å². The average molecular weight is 311 g/mol. The third-order valence-corrected chi connectivity index (χ3v) is 7.25. The second-order valence-corrected chi connectivity index (χ2v) is 7.94. The quantitative estimate of drug-likeness (QED) is 0.736. The number of hydrogen-bond acceptors (Lipinski definition) is 2. The van der Waals surface area contributed by atoms with Gasteiger partial charge >= 0.3 is 0 Å². The second-order valence-electron chi connectivity index (χ2n) is 7.94. The molecule has 0 radical (unpaired) electrons. The summed E-state index contributed by atoms with van der Waals surface area (Å²) in [5.74, 6) is 3.38. The third-order valence-electron chi connectivity index (χ3n) is 7.25. The molecule has 0 spiro atoms. The molecule has 4 aliphatic carbocycles. The first kappa shape index (κ1) is 15.6. The molecule has 0 aliphatic heterocycles. The molecule has 0 unspecified atom stereocenters. The normalized spacial score (nSPS) is 48.6. The number of allylic oxidation sites excluding steroid dienone is 1. The highest BCUT2D eigenvalue weighted by Crippen LogP contribution is 2.61. The van der Waals surface area contributed by atoms with Crippen LogP contribution in [0.5, 0.6) is 0 Å². The van der Waals surface area contributed by atoms with Gasteiger partial charge in [-0.2, -0.15) is 0 Å². The number of aliphatic hydroxyl groups excluding tert-OH is 1. The molecule has 118 valence electrons. The van der Waals surface area contributed by atoms with Crippen LogP contribution in [0.1, 0.15) is 58.3 Å². The monoisotopic (exact) mass is 310 g/mol. The number of hydrogen-bond donors (Lipinski definition) is 1. The van der Waals surface area contributed by atoms with E-state index in [1.807, 2.05) is 6.08 Å². The van der Waals surface area contributed by atoms with E-state index in [9.17, 15) is 9.90 Å². The van der Waals surface area contributed by atoms with Crippen molar-refractivity contribution >= 4 is 18.2 Å². The van der Waals surface area contributed by atoms with Crippen LogP contribution in [0.3, 0.4) is 0 Å². The standard InChI is InChI=1S/C18H26O2.ClH/c1-18-9-8-14-13-5-3-12(19)10-11(13)2-4-15(14)16(18)6-7-17(18)20;/h10,13-17,20H,2-9H2,1H3;1H/t13-,14+,15+,16-,17-,18-;/m0./s1. The van der Waals surface area contributed by atoms with E-state index < -0.39 is 0 Å². The van der Waals surface area contributed by atoms with Crippen molar-refractivity contribution in [3.63, 3.8) is 0 Å². The van der Waals surface area contributed by atoms with Crippen molar-refractivity contribution in [3.05, 3.63) is 11.6 Å². The van der Waals surface area contributed by atoms with Crippen molar-refractivity contribution in [2.24, 2.45) is 29.1 Å². The van der Waals surface area contributed by atoms with Gasteiger partial charge in [-0.1, -0.05) is 12.5 Å². The van der Waals surface area contributed by atoms with Crippen molar-refractivity contribution in [3.8, 4) is 0 Å². The van der Waals surface area contributed by atoms with Crippen molar-refractivity contribution in [1.82, 2.24) is 0 Å². The maximum atomic E-state index is 11.6. The molecule has 0 saturated heterocycles. The summed E-state index contributed by atoms with van der Waals surface area (Å²) >= 11 is 0. The highest BCUT2D eigenvalue weighted by atomic mass is 35.5. The van der Waals surface area contributed by atoms with Gasteiger partial charge in [0.15, 0.2) is 5.78 Å². The lowest BCUT2D eigenvalue weighted by Gasteiger charge is -2.53. The molecule has 3 fully saturated rings. The van der Waals surface area contributed by atoms with E-state index in [0.29, 0.717) is 11.7 Å². The van der Waals surface area contributed by atoms with Crippen LogP contribution in [0.2, 0.25) is 0 Å². The van der Waals surface area contributed by atoms with Crippen LogP contribution >= 0.6 is 12.4 Å². The first-order valence-corrected chi connectivity index (χ1v) is 8.51. The molecule has 3 saturated carbocycles. The van der Waals surface area contributed by atoms with Crippen molar-refractivity contribution < 1.29 is 9.90 Å². The molecule has 1 N–H and O–H groups in total. The molecule has 0 heterocycles. The summed E-state index contributed by atoms with van der Waals surface area (Å²) in [6.07, 6.45) is 10.9. The number of fused-ring (bicyclic) bond motifs is 5. The molecule has 2 nitrogen and oxygen atoms in total. The number of halogens is 1. The van der Waals surface area contributed by atoms with Crippen LogP contribution in [-0.4, -0.2) is 17.0 Å². The zero-order chi connectivity index (χ0) is 13.9. The molecule has 6 atom stereocenters. The van der Waals surface area contributed by atoms with Crippen LogP contribution in [0.15, 0.2) is 11.6 Å². The van der Waals surface area contributed by atoms with Crippen LogP contribution in [0.25, 0.3) is 0 Å². The van der Waals surface area contributed by atoms with Crippen molar-refractivity contribution in [2.75, 3.05) is 0 Å². The zero-order valence-corrected chi connectivity index (χ0v) is 13.7. The lowest BCUT2D eigenvalue weighted by molar-refractivity contribution is -0.116. The van der Waals surface area contributed by atoms with Crippen molar-refractivity contribution in [1.29, 1.82) is 0 Å². The summed E-state index contributed by atoms with van der Waals surface area (Å²) in [5.41, 5.74) is 1.65. The molecule has 4 aliphatic rings. The van der Waals surface area contributed by atoms with Crippen molar-refractivity contribution in [2.45, 2.75) is 64.4 Å². The number of ketones is 1. The predicted molar refractivity (Wildman–Crippen MR) is 85.3 cm³/mol. The molecule has 0 aromatic rings. The second kappa shape index (κ2) is 5.38. The SMILES string of the molecule is C[C@]12CC[C@H]3[C@@H](CCC4=CC(=O)CC[C@@H]43)[C@@H]1CC[C@@H]2O.Cl. The van der Waals surface area contributed by atoms with Gasteiger partial charge in [0.05, 0.1) is 6.10 Å². The summed E-state index contributed by atoms with van der Waals surface area (Å²) in [6.45, 7) is 2.33. The van der Waals surface area contributed by atoms with Crippen LogP contribution in [0, 0.1) is 29.1 Å². The summed E-state index contributed by atoms with van der Waals surface area (Å²) in [7, 11) is 0. The maximum Gasteiger partial charge on any atom is 0.155 e. The van der Waals surface area contributed by atoms with Gasteiger partial charge in [-0.15, -0.1) is 12.4 Å². The first-order chi connectivity index (χ1) is 9.59. The fourth-order valence-corrected chi connectivity index (χ4v) is 6.15. The number of carbonyl (C=O) groups is 1. The maximum absolute atomic E-state index is 11.6. The minimum atomic E-state index is -0.0710. The minimum absolute atomic E-state index is 0. The molecular weight excluding hydrogens is 284 g/mol. The Kier molecular flexibility index (Phi) is 3.99. The Morgan fingerprint density at radius 3 is 2.71 bits per heavy atom. The van der Waals surface area contributed by atoms with Crippen LogP contribution < -0.4 is 0 Å². The van der Waals surface area contributed by atoms with E-state index in [1.54, 1.807) is 0 Å². The molecule has 4 rings (SSSR count). The fraction of sp³-hybridized carbons (Fsp3) is 0.833. The van der Waals surface area contributed by atoms with Gasteiger partial charge < -0.3 is 5.11 Å². The molecule has 0 bridgehead atoms. The van der Waals surface area contributed by atoms with Gasteiger partial charge in [0.25, 0.3) is 0 Å². The Hall–Kier alpha value is -0.340. The lowest BCUT2D eigenvalue weighted by Crippen LogP contribution is -2.47. The smallest absolute Gasteiger partial charge is 0.155 e. The number of aliphatic hydroxyl groups is 1. The predicted octanol–water partition coefficient (Wildman–Crippen LogP) is 3.91. The largest absolute Gasteiger partial charge is 0.393 e. The summed E-state index contributed by atoms with van der Waals surface area (Å²) in [6, 6.07) is 0. The minimum Gasteiger partial charge on any atom is -0.393 e. The van der Waals surface area contributed by atoms with Crippen LogP contribution in [-0.2, 0) is 4.79 Å². The summed E-state index contributed by atoms with van der Waals surface area (Å²) in [5, 5.41) is 10.4. The first-order valence-electron chi connectivity index (χ1n) is 8.51. The van der Waals surface area contributed by atoms with E-state index in [4.69, 9.17) is 0 Å². The Bertz CT molecular complexity index is 472. The molecule has 3 heteroatoms. The Labute approximate surface area is 133 Å². The average Bonchev–Trinajstić information content (AvgIpc) is 2.74. The molecule has 0 aromatic carbocycles. The van der Waals surface area contributed by atoms with E-state index in [-0.39, 0.29) is 23.9 Å². The van der Waals surface area contributed by atoms with Gasteiger partial charge in [-0.05, 0) is 80.1 Å². The van der Waals surface area contributed by atoms with Gasteiger partial charge in [0, 0.05) is 6.42 Å². The molecule has 0 amide bonds. The lowest BCUT2D eigenvalue weighted by atomic mass is 9.52. The van der Waals surface area contributed by atoms with Gasteiger partial charge in [-0.25, -0.2) is 0 Å².